The lowest BCUT2D eigenvalue weighted by Gasteiger charge is -2.39. The molecule has 0 bridgehead atoms. The number of para-hydroxylation sites is 1. The highest BCUT2D eigenvalue weighted by Crippen LogP contribution is 2.29. The van der Waals surface area contributed by atoms with Crippen LogP contribution in [-0.2, 0) is 0 Å². The highest BCUT2D eigenvalue weighted by Gasteiger charge is 2.31. The topological polar surface area (TPSA) is 32.8 Å². The Hall–Kier alpha value is -2.33. The van der Waals surface area contributed by atoms with Crippen molar-refractivity contribution in [3.8, 4) is 5.75 Å². The lowest BCUT2D eigenvalue weighted by molar-refractivity contribution is 0.0956. The van der Waals surface area contributed by atoms with Crippen LogP contribution in [0.15, 0.2) is 48.5 Å². The van der Waals surface area contributed by atoms with Gasteiger partial charge in [-0.05, 0) is 68.5 Å². The number of benzene rings is 2. The molecule has 0 spiro atoms. The third-order valence-corrected chi connectivity index (χ3v) is 5.78. The van der Waals surface area contributed by atoms with Crippen LogP contribution in [0.5, 0.6) is 5.75 Å². The van der Waals surface area contributed by atoms with Crippen LogP contribution >= 0.6 is 0 Å². The number of carbonyl (C=O) groups excluding carboxylic acids is 1. The number of rotatable bonds is 7. The molecule has 2 aromatic carbocycles. The Labute approximate surface area is 175 Å². The Morgan fingerprint density at radius 2 is 1.86 bits per heavy atom. The molecule has 3 rings (SSSR count). The van der Waals surface area contributed by atoms with E-state index in [1.54, 1.807) is 7.11 Å². The van der Waals surface area contributed by atoms with Crippen LogP contribution < -0.4 is 9.64 Å². The van der Waals surface area contributed by atoms with Crippen molar-refractivity contribution >= 4 is 11.6 Å². The third-order valence-electron chi connectivity index (χ3n) is 5.78. The van der Waals surface area contributed by atoms with E-state index in [2.05, 4.69) is 37.8 Å². The summed E-state index contributed by atoms with van der Waals surface area (Å²) in [6.45, 7) is 9.85. The Kier molecular flexibility index (Phi) is 7.32. The average Bonchev–Trinajstić information content (AvgIpc) is 2.73. The number of aryl methyl sites for hydroxylation is 1. The molecule has 1 fully saturated rings. The van der Waals surface area contributed by atoms with Crippen LogP contribution in [0, 0.1) is 12.8 Å². The van der Waals surface area contributed by atoms with Crippen molar-refractivity contribution in [3.63, 3.8) is 0 Å². The predicted octanol–water partition coefficient (Wildman–Crippen LogP) is 5.16. The van der Waals surface area contributed by atoms with Crippen molar-refractivity contribution in [2.24, 2.45) is 5.92 Å². The molecule has 4 nitrogen and oxygen atoms in total. The second-order valence-corrected chi connectivity index (χ2v) is 8.47. The second kappa shape index (κ2) is 9.93. The minimum Gasteiger partial charge on any atom is -0.496 e. The van der Waals surface area contributed by atoms with E-state index in [1.165, 1.54) is 6.42 Å². The number of likely N-dealkylation sites (tertiary alicyclic amines) is 1. The van der Waals surface area contributed by atoms with Crippen LogP contribution in [0.1, 0.15) is 49.0 Å². The number of anilines is 1. The molecule has 0 radical (unpaired) electrons. The van der Waals surface area contributed by atoms with Gasteiger partial charge in [0.25, 0.3) is 5.91 Å². The molecule has 0 N–H and O–H groups in total. The third kappa shape index (κ3) is 5.39. The summed E-state index contributed by atoms with van der Waals surface area (Å²) < 4.78 is 5.48. The van der Waals surface area contributed by atoms with Gasteiger partial charge in [0, 0.05) is 24.8 Å². The van der Waals surface area contributed by atoms with E-state index in [1.807, 2.05) is 41.3 Å². The molecule has 0 saturated carbocycles. The lowest BCUT2D eigenvalue weighted by atomic mass is 9.99. The van der Waals surface area contributed by atoms with Crippen LogP contribution in [0.4, 0.5) is 5.69 Å². The van der Waals surface area contributed by atoms with Gasteiger partial charge in [0.2, 0.25) is 0 Å². The van der Waals surface area contributed by atoms with Gasteiger partial charge in [0.05, 0.1) is 12.7 Å². The zero-order chi connectivity index (χ0) is 20.8. The molecular formula is C25H34N2O2. The Balaban J connectivity index is 1.84. The molecule has 0 aromatic heterocycles. The number of piperidine rings is 1. The van der Waals surface area contributed by atoms with Gasteiger partial charge in [-0.25, -0.2) is 0 Å². The van der Waals surface area contributed by atoms with Crippen molar-refractivity contribution in [2.75, 3.05) is 31.6 Å². The van der Waals surface area contributed by atoms with Gasteiger partial charge in [0.15, 0.2) is 0 Å². The highest BCUT2D eigenvalue weighted by molar-refractivity contribution is 6.08. The minimum absolute atomic E-state index is 0.0219. The predicted molar refractivity (Wildman–Crippen MR) is 120 cm³/mol. The molecule has 0 unspecified atom stereocenters. The number of carbonyl (C=O) groups is 1. The van der Waals surface area contributed by atoms with Crippen LogP contribution in [0.2, 0.25) is 0 Å². The van der Waals surface area contributed by atoms with Crippen molar-refractivity contribution < 1.29 is 9.53 Å². The van der Waals surface area contributed by atoms with E-state index in [0.29, 0.717) is 11.3 Å². The molecule has 29 heavy (non-hydrogen) atoms. The molecule has 1 aliphatic rings. The van der Waals surface area contributed by atoms with E-state index in [-0.39, 0.29) is 11.9 Å². The first-order chi connectivity index (χ1) is 14.0. The number of amides is 1. The smallest absolute Gasteiger partial charge is 0.262 e. The number of nitrogens with zero attached hydrogens (tertiary/aromatic N) is 2. The fraction of sp³-hybridized carbons (Fsp3) is 0.480. The summed E-state index contributed by atoms with van der Waals surface area (Å²) in [6, 6.07) is 16.0. The van der Waals surface area contributed by atoms with Gasteiger partial charge in [0.1, 0.15) is 5.75 Å². The standard InChI is InChI=1S/C25H34N2O2/c1-19(2)12-15-26-16-13-21(14-17-26)27(22-9-7-8-20(3)18-22)25(28)23-10-5-6-11-24(23)29-4/h5-11,18-19,21H,12-17H2,1-4H3. The van der Waals surface area contributed by atoms with Crippen LogP contribution in [0.3, 0.4) is 0 Å². The number of ether oxygens (including phenoxy) is 1. The monoisotopic (exact) mass is 394 g/mol. The number of hydrogen-bond acceptors (Lipinski definition) is 3. The summed E-state index contributed by atoms with van der Waals surface area (Å²) in [5.41, 5.74) is 2.76. The zero-order valence-corrected chi connectivity index (χ0v) is 18.2. The second-order valence-electron chi connectivity index (χ2n) is 8.47. The fourth-order valence-electron chi connectivity index (χ4n) is 4.06. The normalized spacial score (nSPS) is 15.5. The molecule has 2 aromatic rings. The molecule has 4 heteroatoms. The SMILES string of the molecule is COc1ccccc1C(=O)N(c1cccc(C)c1)C1CCN(CCC(C)C)CC1. The Morgan fingerprint density at radius 1 is 1.14 bits per heavy atom. The van der Waals surface area contributed by atoms with Crippen molar-refractivity contribution in [1.82, 2.24) is 4.90 Å². The Morgan fingerprint density at radius 3 is 2.52 bits per heavy atom. The quantitative estimate of drug-likeness (QED) is 0.650. The van der Waals surface area contributed by atoms with Crippen molar-refractivity contribution in [3.05, 3.63) is 59.7 Å². The van der Waals surface area contributed by atoms with Gasteiger partial charge in [-0.2, -0.15) is 0 Å². The highest BCUT2D eigenvalue weighted by atomic mass is 16.5. The molecule has 1 heterocycles. The molecule has 0 aliphatic carbocycles. The molecule has 1 amide bonds. The zero-order valence-electron chi connectivity index (χ0n) is 18.2. The number of methoxy groups -OCH3 is 1. The first-order valence-electron chi connectivity index (χ1n) is 10.7. The fourth-order valence-corrected chi connectivity index (χ4v) is 4.06. The summed E-state index contributed by atoms with van der Waals surface area (Å²) >= 11 is 0. The summed E-state index contributed by atoms with van der Waals surface area (Å²) in [7, 11) is 1.62. The van der Waals surface area contributed by atoms with Crippen LogP contribution in [-0.4, -0.2) is 43.6 Å². The average molecular weight is 395 g/mol. The maximum absolute atomic E-state index is 13.7. The van der Waals surface area contributed by atoms with E-state index in [9.17, 15) is 4.79 Å². The minimum atomic E-state index is 0.0219. The van der Waals surface area contributed by atoms with Gasteiger partial charge in [-0.15, -0.1) is 0 Å². The van der Waals surface area contributed by atoms with Gasteiger partial charge >= 0.3 is 0 Å². The molecule has 0 atom stereocenters. The summed E-state index contributed by atoms with van der Waals surface area (Å²) in [6.07, 6.45) is 3.21. The van der Waals surface area contributed by atoms with E-state index in [4.69, 9.17) is 4.74 Å². The molecule has 1 saturated heterocycles. The van der Waals surface area contributed by atoms with Crippen LogP contribution in [0.25, 0.3) is 0 Å². The van der Waals surface area contributed by atoms with Gasteiger partial charge < -0.3 is 14.5 Å². The van der Waals surface area contributed by atoms with Gasteiger partial charge in [-0.1, -0.05) is 38.1 Å². The molecule has 156 valence electrons. The summed E-state index contributed by atoms with van der Waals surface area (Å²) in [5.74, 6) is 1.38. The largest absolute Gasteiger partial charge is 0.496 e. The van der Waals surface area contributed by atoms with E-state index >= 15 is 0 Å². The first-order valence-corrected chi connectivity index (χ1v) is 10.7. The maximum atomic E-state index is 13.7. The maximum Gasteiger partial charge on any atom is 0.262 e. The van der Waals surface area contributed by atoms with Gasteiger partial charge in [-0.3, -0.25) is 4.79 Å². The lowest BCUT2D eigenvalue weighted by Crippen LogP contribution is -2.48. The molecular weight excluding hydrogens is 360 g/mol. The number of hydrogen-bond donors (Lipinski definition) is 0. The summed E-state index contributed by atoms with van der Waals surface area (Å²) in [5, 5.41) is 0. The van der Waals surface area contributed by atoms with Crippen molar-refractivity contribution in [2.45, 2.75) is 46.1 Å². The van der Waals surface area contributed by atoms with E-state index < -0.39 is 0 Å². The molecule has 1 aliphatic heterocycles. The summed E-state index contributed by atoms with van der Waals surface area (Å²) in [4.78, 5) is 18.2. The Bertz CT molecular complexity index is 810. The first kappa shape index (κ1) is 21.4. The van der Waals surface area contributed by atoms with E-state index in [0.717, 1.165) is 49.6 Å². The van der Waals surface area contributed by atoms with Crippen molar-refractivity contribution in [1.29, 1.82) is 0 Å².